The largest absolute Gasteiger partial charge is 0.261 e. The normalized spacial score (nSPS) is 12.7. The SMILES string of the molecule is CN=c1scc(-c2ccccc2F)n1N=C(C)c1ccc(C)c(C)c1. The highest BCUT2D eigenvalue weighted by atomic mass is 32.1. The topological polar surface area (TPSA) is 29.6 Å². The molecular weight excluding hydrogens is 333 g/mol. The molecule has 0 radical (unpaired) electrons. The Morgan fingerprint density at radius 3 is 2.52 bits per heavy atom. The molecule has 128 valence electrons. The maximum Gasteiger partial charge on any atom is 0.205 e. The van der Waals surface area contributed by atoms with Crippen LogP contribution in [0.1, 0.15) is 23.6 Å². The Hall–Kier alpha value is -2.53. The van der Waals surface area contributed by atoms with Crippen molar-refractivity contribution in [1.82, 2.24) is 4.68 Å². The molecule has 25 heavy (non-hydrogen) atoms. The number of hydrogen-bond acceptors (Lipinski definition) is 3. The smallest absolute Gasteiger partial charge is 0.205 e. The van der Waals surface area contributed by atoms with E-state index in [0.29, 0.717) is 11.3 Å². The second-order valence-corrected chi connectivity index (χ2v) is 6.74. The number of aryl methyl sites for hydroxylation is 2. The molecule has 0 bridgehead atoms. The van der Waals surface area contributed by atoms with Gasteiger partial charge < -0.3 is 0 Å². The summed E-state index contributed by atoms with van der Waals surface area (Å²) in [6, 6.07) is 13.0. The Labute approximate surface area is 150 Å². The van der Waals surface area contributed by atoms with Crippen molar-refractivity contribution in [3.63, 3.8) is 0 Å². The van der Waals surface area contributed by atoms with E-state index in [1.165, 1.54) is 28.5 Å². The van der Waals surface area contributed by atoms with E-state index in [-0.39, 0.29) is 5.82 Å². The van der Waals surface area contributed by atoms with Gasteiger partial charge in [-0.3, -0.25) is 4.99 Å². The van der Waals surface area contributed by atoms with Crippen LogP contribution in [0.4, 0.5) is 4.39 Å². The van der Waals surface area contributed by atoms with Crippen molar-refractivity contribution < 1.29 is 4.39 Å². The van der Waals surface area contributed by atoms with Crippen LogP contribution in [0.15, 0.2) is 57.9 Å². The molecule has 2 aromatic carbocycles. The molecule has 0 fully saturated rings. The lowest BCUT2D eigenvalue weighted by Crippen LogP contribution is -2.14. The zero-order chi connectivity index (χ0) is 18.0. The predicted octanol–water partition coefficient (Wildman–Crippen LogP) is 4.78. The summed E-state index contributed by atoms with van der Waals surface area (Å²) in [5.41, 5.74) is 5.59. The zero-order valence-corrected chi connectivity index (χ0v) is 15.6. The minimum absolute atomic E-state index is 0.268. The molecule has 5 heteroatoms. The summed E-state index contributed by atoms with van der Waals surface area (Å²) in [5, 5.41) is 6.62. The molecule has 0 aliphatic rings. The Kier molecular flexibility index (Phi) is 4.95. The van der Waals surface area contributed by atoms with E-state index in [1.54, 1.807) is 23.9 Å². The zero-order valence-electron chi connectivity index (χ0n) is 14.7. The first-order valence-electron chi connectivity index (χ1n) is 8.02. The number of benzene rings is 2. The Morgan fingerprint density at radius 2 is 1.84 bits per heavy atom. The van der Waals surface area contributed by atoms with Gasteiger partial charge in [0.05, 0.1) is 11.4 Å². The van der Waals surface area contributed by atoms with Crippen LogP contribution < -0.4 is 4.80 Å². The summed E-state index contributed by atoms with van der Waals surface area (Å²) in [6.45, 7) is 6.13. The average molecular weight is 353 g/mol. The average Bonchev–Trinajstić information content (AvgIpc) is 3.00. The van der Waals surface area contributed by atoms with Crippen LogP contribution in [-0.4, -0.2) is 17.4 Å². The molecule has 0 aliphatic heterocycles. The standard InChI is InChI=1S/C20H20FN3S/c1-13-9-10-16(11-14(13)2)15(3)23-24-19(12-25-20(24)22-4)17-7-5-6-8-18(17)21/h5-12H,1-4H3. The van der Waals surface area contributed by atoms with E-state index in [9.17, 15) is 4.39 Å². The molecule has 0 saturated carbocycles. The number of rotatable bonds is 3. The lowest BCUT2D eigenvalue weighted by atomic mass is 10.0. The van der Waals surface area contributed by atoms with Crippen molar-refractivity contribution in [3.8, 4) is 11.3 Å². The van der Waals surface area contributed by atoms with Crippen molar-refractivity contribution in [3.05, 3.63) is 75.2 Å². The molecule has 1 heterocycles. The third kappa shape index (κ3) is 3.46. The van der Waals surface area contributed by atoms with Crippen LogP contribution >= 0.6 is 11.3 Å². The minimum Gasteiger partial charge on any atom is -0.261 e. The van der Waals surface area contributed by atoms with Gasteiger partial charge in [-0.2, -0.15) is 5.10 Å². The molecule has 0 unspecified atom stereocenters. The second-order valence-electron chi connectivity index (χ2n) is 5.90. The molecule has 3 nitrogen and oxygen atoms in total. The summed E-state index contributed by atoms with van der Waals surface area (Å²) in [6.07, 6.45) is 0. The Bertz CT molecular complexity index is 1010. The van der Waals surface area contributed by atoms with Gasteiger partial charge in [0.2, 0.25) is 4.80 Å². The van der Waals surface area contributed by atoms with Crippen molar-refractivity contribution in [1.29, 1.82) is 0 Å². The summed E-state index contributed by atoms with van der Waals surface area (Å²) in [5.74, 6) is -0.268. The van der Waals surface area contributed by atoms with Gasteiger partial charge in [0.15, 0.2) is 0 Å². The highest BCUT2D eigenvalue weighted by Crippen LogP contribution is 2.23. The lowest BCUT2D eigenvalue weighted by molar-refractivity contribution is 0.629. The van der Waals surface area contributed by atoms with Gasteiger partial charge in [-0.15, -0.1) is 11.3 Å². The molecule has 0 amide bonds. The van der Waals surface area contributed by atoms with E-state index < -0.39 is 0 Å². The predicted molar refractivity (Wildman–Crippen MR) is 103 cm³/mol. The number of thiazole rings is 1. The highest BCUT2D eigenvalue weighted by Gasteiger charge is 2.12. The molecule has 3 rings (SSSR count). The molecule has 0 saturated heterocycles. The summed E-state index contributed by atoms with van der Waals surface area (Å²) >= 11 is 1.45. The van der Waals surface area contributed by atoms with Crippen molar-refractivity contribution >= 4 is 17.0 Å². The number of aromatic nitrogens is 1. The summed E-state index contributed by atoms with van der Waals surface area (Å²) in [4.78, 5) is 5.00. The first kappa shape index (κ1) is 17.3. The van der Waals surface area contributed by atoms with E-state index in [1.807, 2.05) is 18.4 Å². The molecule has 0 N–H and O–H groups in total. The van der Waals surface area contributed by atoms with E-state index >= 15 is 0 Å². The van der Waals surface area contributed by atoms with Gasteiger partial charge in [0.1, 0.15) is 5.82 Å². The molecule has 0 aliphatic carbocycles. The summed E-state index contributed by atoms with van der Waals surface area (Å²) < 4.78 is 16.0. The molecular formula is C20H20FN3S. The lowest BCUT2D eigenvalue weighted by Gasteiger charge is -2.08. The van der Waals surface area contributed by atoms with Crippen LogP contribution in [-0.2, 0) is 0 Å². The van der Waals surface area contributed by atoms with E-state index in [2.05, 4.69) is 37.0 Å². The van der Waals surface area contributed by atoms with E-state index in [0.717, 1.165) is 16.1 Å². The van der Waals surface area contributed by atoms with Gasteiger partial charge in [-0.05, 0) is 55.7 Å². The van der Waals surface area contributed by atoms with Crippen LogP contribution in [0, 0.1) is 19.7 Å². The third-order valence-corrected chi connectivity index (χ3v) is 5.11. The van der Waals surface area contributed by atoms with Gasteiger partial charge in [0.25, 0.3) is 0 Å². The quantitative estimate of drug-likeness (QED) is 0.607. The molecule has 3 aromatic rings. The van der Waals surface area contributed by atoms with Gasteiger partial charge in [0, 0.05) is 18.0 Å². The Morgan fingerprint density at radius 1 is 1.08 bits per heavy atom. The van der Waals surface area contributed by atoms with E-state index in [4.69, 9.17) is 5.10 Å². The maximum absolute atomic E-state index is 14.2. The number of nitrogens with zero attached hydrogens (tertiary/aromatic N) is 3. The fourth-order valence-electron chi connectivity index (χ4n) is 2.58. The fourth-order valence-corrected chi connectivity index (χ4v) is 3.36. The minimum atomic E-state index is -0.268. The Balaban J connectivity index is 2.15. The first-order chi connectivity index (χ1) is 12.0. The van der Waals surface area contributed by atoms with Crippen LogP contribution in [0.25, 0.3) is 11.3 Å². The van der Waals surface area contributed by atoms with Crippen molar-refractivity contribution in [2.75, 3.05) is 7.05 Å². The molecule has 0 atom stereocenters. The van der Waals surface area contributed by atoms with Crippen molar-refractivity contribution in [2.45, 2.75) is 20.8 Å². The van der Waals surface area contributed by atoms with Gasteiger partial charge >= 0.3 is 0 Å². The van der Waals surface area contributed by atoms with Gasteiger partial charge in [-0.1, -0.05) is 24.3 Å². The van der Waals surface area contributed by atoms with Crippen molar-refractivity contribution in [2.24, 2.45) is 10.1 Å². The highest BCUT2D eigenvalue weighted by molar-refractivity contribution is 7.07. The monoisotopic (exact) mass is 353 g/mol. The summed E-state index contributed by atoms with van der Waals surface area (Å²) in [7, 11) is 1.72. The fraction of sp³-hybridized carbons (Fsp3) is 0.200. The van der Waals surface area contributed by atoms with Crippen LogP contribution in [0.2, 0.25) is 0 Å². The van der Waals surface area contributed by atoms with Crippen LogP contribution in [0.5, 0.6) is 0 Å². The second kappa shape index (κ2) is 7.15. The molecule has 0 spiro atoms. The molecule has 1 aromatic heterocycles. The van der Waals surface area contributed by atoms with Gasteiger partial charge in [-0.25, -0.2) is 9.07 Å². The first-order valence-corrected chi connectivity index (χ1v) is 8.90. The number of halogens is 1. The maximum atomic E-state index is 14.2. The van der Waals surface area contributed by atoms with Crippen LogP contribution in [0.3, 0.4) is 0 Å². The third-order valence-electron chi connectivity index (χ3n) is 4.20. The number of hydrogen-bond donors (Lipinski definition) is 0.